The van der Waals surface area contributed by atoms with E-state index in [9.17, 15) is 4.79 Å². The van der Waals surface area contributed by atoms with Crippen LogP contribution < -0.4 is 5.56 Å². The molecular formula is C12H7N5O. The van der Waals surface area contributed by atoms with Crippen LogP contribution in [0.5, 0.6) is 0 Å². The molecule has 0 fully saturated rings. The molecule has 3 heterocycles. The predicted octanol–water partition coefficient (Wildman–Crippen LogP) is 1.12. The Hall–Kier alpha value is -2.76. The van der Waals surface area contributed by atoms with Crippen molar-refractivity contribution in [2.75, 3.05) is 0 Å². The molecule has 18 heavy (non-hydrogen) atoms. The Labute approximate surface area is 99.9 Å². The van der Waals surface area contributed by atoms with E-state index in [-0.39, 0.29) is 5.56 Å². The Morgan fingerprint density at radius 2 is 1.94 bits per heavy atom. The molecule has 86 valence electrons. The number of aromatic amines is 1. The maximum atomic E-state index is 12.4. The van der Waals surface area contributed by atoms with E-state index in [0.29, 0.717) is 27.6 Å². The van der Waals surface area contributed by atoms with Gasteiger partial charge in [-0.15, -0.1) is 0 Å². The molecule has 0 aliphatic rings. The number of fused-ring (bicyclic) bond motifs is 4. The van der Waals surface area contributed by atoms with Gasteiger partial charge in [-0.3, -0.25) is 9.20 Å². The number of aromatic nitrogens is 5. The third kappa shape index (κ3) is 1.06. The lowest BCUT2D eigenvalue weighted by Gasteiger charge is -2.02. The second-order valence-electron chi connectivity index (χ2n) is 4.00. The van der Waals surface area contributed by atoms with Crippen LogP contribution in [0.2, 0.25) is 0 Å². The topological polar surface area (TPSA) is 75.9 Å². The van der Waals surface area contributed by atoms with E-state index in [1.165, 1.54) is 4.40 Å². The van der Waals surface area contributed by atoms with Gasteiger partial charge in [0, 0.05) is 6.20 Å². The number of nitrogens with zero attached hydrogens (tertiary/aromatic N) is 4. The fraction of sp³-hybridized carbons (Fsp3) is 0. The summed E-state index contributed by atoms with van der Waals surface area (Å²) in [4.78, 5) is 16.9. The number of benzene rings is 1. The van der Waals surface area contributed by atoms with Gasteiger partial charge in [-0.2, -0.15) is 15.4 Å². The molecule has 1 aromatic carbocycles. The summed E-state index contributed by atoms with van der Waals surface area (Å²) in [5.74, 6) is 0. The zero-order valence-electron chi connectivity index (χ0n) is 9.16. The largest absolute Gasteiger partial charge is 0.268 e. The van der Waals surface area contributed by atoms with Gasteiger partial charge >= 0.3 is 0 Å². The first-order chi connectivity index (χ1) is 8.84. The molecule has 0 saturated carbocycles. The summed E-state index contributed by atoms with van der Waals surface area (Å²) < 4.78 is 1.51. The van der Waals surface area contributed by atoms with E-state index >= 15 is 0 Å². The van der Waals surface area contributed by atoms with Crippen LogP contribution in [-0.2, 0) is 0 Å². The van der Waals surface area contributed by atoms with Crippen molar-refractivity contribution in [2.45, 2.75) is 0 Å². The van der Waals surface area contributed by atoms with Crippen LogP contribution >= 0.6 is 0 Å². The normalized spacial score (nSPS) is 11.6. The lowest BCUT2D eigenvalue weighted by Crippen LogP contribution is -2.15. The lowest BCUT2D eigenvalue weighted by molar-refractivity contribution is 0.960. The molecule has 3 aromatic heterocycles. The molecule has 0 aliphatic heterocycles. The van der Waals surface area contributed by atoms with Gasteiger partial charge in [-0.05, 0) is 24.3 Å². The summed E-state index contributed by atoms with van der Waals surface area (Å²) in [6, 6.07) is 9.03. The van der Waals surface area contributed by atoms with Gasteiger partial charge < -0.3 is 0 Å². The summed E-state index contributed by atoms with van der Waals surface area (Å²) in [6.45, 7) is 0. The van der Waals surface area contributed by atoms with Crippen LogP contribution in [0.25, 0.3) is 27.6 Å². The molecule has 6 heteroatoms. The molecule has 0 amide bonds. The highest BCUT2D eigenvalue weighted by molar-refractivity contribution is 6.01. The second-order valence-corrected chi connectivity index (χ2v) is 4.00. The lowest BCUT2D eigenvalue weighted by atomic mass is 10.2. The number of rotatable bonds is 0. The van der Waals surface area contributed by atoms with E-state index in [1.807, 2.05) is 6.07 Å². The Morgan fingerprint density at radius 1 is 1.06 bits per heavy atom. The van der Waals surface area contributed by atoms with Gasteiger partial charge in [0.1, 0.15) is 16.7 Å². The summed E-state index contributed by atoms with van der Waals surface area (Å²) in [5.41, 5.74) is 2.35. The second kappa shape index (κ2) is 3.13. The van der Waals surface area contributed by atoms with Crippen LogP contribution in [0.3, 0.4) is 0 Å². The van der Waals surface area contributed by atoms with E-state index in [2.05, 4.69) is 20.4 Å². The zero-order valence-corrected chi connectivity index (χ0v) is 9.16. The molecular weight excluding hydrogens is 230 g/mol. The van der Waals surface area contributed by atoms with Gasteiger partial charge in [0.2, 0.25) is 0 Å². The first-order valence-corrected chi connectivity index (χ1v) is 5.45. The van der Waals surface area contributed by atoms with Gasteiger partial charge in [-0.25, -0.2) is 4.98 Å². The van der Waals surface area contributed by atoms with Crippen molar-refractivity contribution in [2.24, 2.45) is 0 Å². The molecule has 0 unspecified atom stereocenters. The number of hydrogen-bond acceptors (Lipinski definition) is 4. The van der Waals surface area contributed by atoms with Crippen molar-refractivity contribution in [1.82, 2.24) is 24.8 Å². The number of pyridine rings is 1. The van der Waals surface area contributed by atoms with Gasteiger partial charge in [0.25, 0.3) is 5.56 Å². The van der Waals surface area contributed by atoms with Crippen molar-refractivity contribution < 1.29 is 0 Å². The average molecular weight is 237 g/mol. The van der Waals surface area contributed by atoms with Gasteiger partial charge in [-0.1, -0.05) is 6.07 Å². The maximum Gasteiger partial charge on any atom is 0.268 e. The number of H-pyrrole nitrogens is 1. The molecule has 0 saturated heterocycles. The maximum absolute atomic E-state index is 12.4. The minimum absolute atomic E-state index is 0.130. The van der Waals surface area contributed by atoms with Crippen LogP contribution in [0.1, 0.15) is 0 Å². The molecule has 0 spiro atoms. The Kier molecular flexibility index (Phi) is 1.62. The molecule has 0 radical (unpaired) electrons. The summed E-state index contributed by atoms with van der Waals surface area (Å²) in [6.07, 6.45) is 1.70. The highest BCUT2D eigenvalue weighted by Crippen LogP contribution is 2.17. The number of nitrogens with one attached hydrogen (secondary N) is 1. The molecule has 0 aliphatic carbocycles. The van der Waals surface area contributed by atoms with Crippen molar-refractivity contribution in [3.63, 3.8) is 0 Å². The van der Waals surface area contributed by atoms with E-state index in [0.717, 1.165) is 0 Å². The molecule has 1 N–H and O–H groups in total. The molecule has 6 nitrogen and oxygen atoms in total. The van der Waals surface area contributed by atoms with Crippen molar-refractivity contribution >= 4 is 27.6 Å². The molecule has 0 bridgehead atoms. The summed E-state index contributed by atoms with van der Waals surface area (Å²) in [7, 11) is 0. The first-order valence-electron chi connectivity index (χ1n) is 5.45. The van der Waals surface area contributed by atoms with E-state index in [1.54, 1.807) is 30.5 Å². The van der Waals surface area contributed by atoms with Crippen LogP contribution in [-0.4, -0.2) is 24.8 Å². The summed E-state index contributed by atoms with van der Waals surface area (Å²) >= 11 is 0. The Morgan fingerprint density at radius 3 is 2.89 bits per heavy atom. The standard InChI is InChI=1S/C12H7N5O/c18-12-10-7(4-5-8-11(10)15-16-14-8)13-9-3-1-2-6-17(9)12/h1-6H,(H,14,15,16). The first kappa shape index (κ1) is 9.29. The highest BCUT2D eigenvalue weighted by atomic mass is 16.1. The Balaban J connectivity index is 2.40. The molecule has 4 rings (SSSR count). The molecule has 0 atom stereocenters. The minimum atomic E-state index is -0.130. The van der Waals surface area contributed by atoms with E-state index < -0.39 is 0 Å². The van der Waals surface area contributed by atoms with Gasteiger partial charge in [0.15, 0.2) is 0 Å². The minimum Gasteiger partial charge on any atom is -0.268 e. The van der Waals surface area contributed by atoms with Crippen molar-refractivity contribution in [1.29, 1.82) is 0 Å². The van der Waals surface area contributed by atoms with E-state index in [4.69, 9.17) is 0 Å². The smallest absolute Gasteiger partial charge is 0.268 e. The highest BCUT2D eigenvalue weighted by Gasteiger charge is 2.11. The fourth-order valence-electron chi connectivity index (χ4n) is 2.15. The SMILES string of the molecule is O=c1c2c(ccc3n[nH]nc32)nc2ccccn12. The molecule has 4 aromatic rings. The zero-order chi connectivity index (χ0) is 12.1. The average Bonchev–Trinajstić information content (AvgIpc) is 2.87. The van der Waals surface area contributed by atoms with Crippen molar-refractivity contribution in [3.8, 4) is 0 Å². The Bertz CT molecular complexity index is 953. The van der Waals surface area contributed by atoms with Crippen LogP contribution in [0.15, 0.2) is 41.3 Å². The van der Waals surface area contributed by atoms with Gasteiger partial charge in [0.05, 0.1) is 10.9 Å². The number of hydrogen-bond donors (Lipinski definition) is 1. The third-order valence-electron chi connectivity index (χ3n) is 2.97. The van der Waals surface area contributed by atoms with Crippen molar-refractivity contribution in [3.05, 3.63) is 46.9 Å². The third-order valence-corrected chi connectivity index (χ3v) is 2.97. The fourth-order valence-corrected chi connectivity index (χ4v) is 2.15. The predicted molar refractivity (Wildman–Crippen MR) is 66.4 cm³/mol. The monoisotopic (exact) mass is 237 g/mol. The van der Waals surface area contributed by atoms with Crippen LogP contribution in [0.4, 0.5) is 0 Å². The quantitative estimate of drug-likeness (QED) is 0.465. The summed E-state index contributed by atoms with van der Waals surface area (Å²) in [5, 5.41) is 11.0. The van der Waals surface area contributed by atoms with Crippen LogP contribution in [0, 0.1) is 0 Å².